The Morgan fingerprint density at radius 2 is 1.45 bits per heavy atom. The molecule has 0 aromatic heterocycles. The zero-order valence-corrected chi connectivity index (χ0v) is 32.5. The van der Waals surface area contributed by atoms with E-state index in [4.69, 9.17) is 33.5 Å². The number of hydrogen-bond donors (Lipinski definition) is 2. The molecule has 0 heterocycles. The number of aliphatic carboxylic acids is 1. The number of ether oxygens (including phenoxy) is 6. The molecule has 2 atom stereocenters. The molecule has 0 bridgehead atoms. The molecule has 1 aliphatic rings. The number of alkyl carbamates (subject to hydrolysis) is 1. The highest BCUT2D eigenvalue weighted by atomic mass is 19.4. The van der Waals surface area contributed by atoms with Crippen molar-refractivity contribution < 1.29 is 61.1 Å². The van der Waals surface area contributed by atoms with Crippen LogP contribution in [0.2, 0.25) is 0 Å². The van der Waals surface area contributed by atoms with Crippen molar-refractivity contribution >= 4 is 18.0 Å². The average Bonchev–Trinajstić information content (AvgIpc) is 3.48. The van der Waals surface area contributed by atoms with Crippen LogP contribution in [0.1, 0.15) is 68.6 Å². The number of unbranched alkanes of at least 4 members (excludes halogenated alkanes) is 1. The number of carbonyl (C=O) groups is 3. The van der Waals surface area contributed by atoms with E-state index in [1.807, 2.05) is 62.4 Å². The molecule has 0 spiro atoms. The number of alkyl halides is 3. The van der Waals surface area contributed by atoms with Crippen LogP contribution in [0.25, 0.3) is 11.1 Å². The molecule has 2 N–H and O–H groups in total. The van der Waals surface area contributed by atoms with E-state index in [-0.39, 0.29) is 55.0 Å². The molecule has 0 radical (unpaired) electrons. The third kappa shape index (κ3) is 11.5. The first-order valence-electron chi connectivity index (χ1n) is 18.3. The molecule has 15 heteroatoms. The minimum atomic E-state index is -4.77. The van der Waals surface area contributed by atoms with Crippen molar-refractivity contribution in [1.29, 1.82) is 0 Å². The van der Waals surface area contributed by atoms with Crippen LogP contribution in [0.5, 0.6) is 17.2 Å². The number of nitrogens with zero attached hydrogens (tertiary/aromatic N) is 1. The smallest absolute Gasteiger partial charge is 0.407 e. The largest absolute Gasteiger partial charge is 0.496 e. The predicted octanol–water partition coefficient (Wildman–Crippen LogP) is 7.56. The predicted molar refractivity (Wildman–Crippen MR) is 201 cm³/mol. The van der Waals surface area contributed by atoms with Crippen LogP contribution in [0.3, 0.4) is 0 Å². The Morgan fingerprint density at radius 1 is 0.875 bits per heavy atom. The standard InChI is InChI=1S/C41H51F3N2O10/c1-25(2)19-33(45-40(50)56-24-32-29-15-9-7-13-27(29)28-14-8-10-16-30(28)32)38(49)46(34(22-41(42,43)44)39(53-5)54-6)23-31-35(51-3)20-26(21-36(31)52-4)55-18-12-11-17-37(47)48/h7-10,13-16,20-21,25,32-34,39H,11-12,17-19,22-24H2,1-6H3,(H,45,50)(H,47,48)/t33-,34?/m0/s1. The van der Waals surface area contributed by atoms with Crippen molar-refractivity contribution in [2.45, 2.75) is 83.0 Å². The summed E-state index contributed by atoms with van der Waals surface area (Å²) in [5.74, 6) is -1.63. The van der Waals surface area contributed by atoms with E-state index >= 15 is 0 Å². The van der Waals surface area contributed by atoms with Crippen LogP contribution < -0.4 is 19.5 Å². The Bertz CT molecular complexity index is 1710. The summed E-state index contributed by atoms with van der Waals surface area (Å²) in [6.45, 7) is 3.29. The fourth-order valence-electron chi connectivity index (χ4n) is 6.97. The summed E-state index contributed by atoms with van der Waals surface area (Å²) < 4.78 is 76.4. The van der Waals surface area contributed by atoms with E-state index in [1.165, 1.54) is 40.6 Å². The van der Waals surface area contributed by atoms with Crippen LogP contribution in [-0.4, -0.2) is 94.2 Å². The second kappa shape index (κ2) is 20.2. The first-order chi connectivity index (χ1) is 26.7. The average molecular weight is 789 g/mol. The molecule has 0 saturated carbocycles. The molecule has 3 aromatic carbocycles. The van der Waals surface area contributed by atoms with Crippen LogP contribution >= 0.6 is 0 Å². The topological polar surface area (TPSA) is 142 Å². The van der Waals surface area contributed by atoms with Gasteiger partial charge in [-0.1, -0.05) is 62.4 Å². The monoisotopic (exact) mass is 788 g/mol. The van der Waals surface area contributed by atoms with Gasteiger partial charge >= 0.3 is 18.2 Å². The molecule has 0 saturated heterocycles. The maximum absolute atomic E-state index is 14.7. The molecule has 1 aliphatic carbocycles. The molecule has 3 aromatic rings. The molecule has 4 rings (SSSR count). The Morgan fingerprint density at radius 3 is 1.95 bits per heavy atom. The van der Waals surface area contributed by atoms with Gasteiger partial charge in [0.15, 0.2) is 6.29 Å². The number of benzene rings is 3. The summed E-state index contributed by atoms with van der Waals surface area (Å²) in [6, 6.07) is 15.6. The molecule has 0 aliphatic heterocycles. The van der Waals surface area contributed by atoms with Gasteiger partial charge in [-0.25, -0.2) is 4.79 Å². The fourth-order valence-corrected chi connectivity index (χ4v) is 6.97. The van der Waals surface area contributed by atoms with Crippen LogP contribution in [-0.2, 0) is 30.3 Å². The molecule has 2 amide bonds. The summed E-state index contributed by atoms with van der Waals surface area (Å²) >= 11 is 0. The van der Waals surface area contributed by atoms with Crippen molar-refractivity contribution in [1.82, 2.24) is 10.2 Å². The molecular formula is C41H51F3N2O10. The Balaban J connectivity index is 1.66. The number of amides is 2. The number of fused-ring (bicyclic) bond motifs is 3. The quantitative estimate of drug-likeness (QED) is 0.0821. The van der Waals surface area contributed by atoms with Gasteiger partial charge in [-0.15, -0.1) is 0 Å². The number of halogens is 3. The van der Waals surface area contributed by atoms with E-state index in [9.17, 15) is 27.6 Å². The summed E-state index contributed by atoms with van der Waals surface area (Å²) in [7, 11) is 5.04. The SMILES string of the molecule is COc1cc(OCCCCC(=O)O)cc(OC)c1CN(C(=O)[C@H](CC(C)C)NC(=O)OCC1c2ccccc2-c2ccccc21)C(CC(F)(F)F)C(OC)OC. The zero-order valence-electron chi connectivity index (χ0n) is 32.5. The highest BCUT2D eigenvalue weighted by Crippen LogP contribution is 2.44. The highest BCUT2D eigenvalue weighted by molar-refractivity contribution is 5.86. The molecule has 56 heavy (non-hydrogen) atoms. The first kappa shape index (κ1) is 43.7. The minimum Gasteiger partial charge on any atom is -0.496 e. The third-order valence-corrected chi connectivity index (χ3v) is 9.51. The van der Waals surface area contributed by atoms with E-state index in [1.54, 1.807) is 0 Å². The molecular weight excluding hydrogens is 737 g/mol. The lowest BCUT2D eigenvalue weighted by Crippen LogP contribution is -2.56. The second-order valence-electron chi connectivity index (χ2n) is 13.9. The number of hydrogen-bond acceptors (Lipinski definition) is 9. The molecule has 12 nitrogen and oxygen atoms in total. The lowest BCUT2D eigenvalue weighted by atomic mass is 9.98. The summed E-state index contributed by atoms with van der Waals surface area (Å²) in [5, 5.41) is 11.6. The number of rotatable bonds is 21. The Hall–Kier alpha value is -5.02. The summed E-state index contributed by atoms with van der Waals surface area (Å²) in [4.78, 5) is 40.1. The van der Waals surface area contributed by atoms with Gasteiger partial charge in [-0.3, -0.25) is 9.59 Å². The van der Waals surface area contributed by atoms with E-state index in [0.717, 1.165) is 27.2 Å². The lowest BCUT2D eigenvalue weighted by Gasteiger charge is -2.38. The van der Waals surface area contributed by atoms with Gasteiger partial charge in [0.05, 0.1) is 45.4 Å². The van der Waals surface area contributed by atoms with E-state index in [2.05, 4.69) is 5.32 Å². The second-order valence-corrected chi connectivity index (χ2v) is 13.9. The van der Waals surface area contributed by atoms with Gasteiger partial charge < -0.3 is 43.7 Å². The molecule has 1 unspecified atom stereocenters. The van der Waals surface area contributed by atoms with Crippen molar-refractivity contribution in [3.63, 3.8) is 0 Å². The number of carboxylic acid groups (broad SMARTS) is 1. The lowest BCUT2D eigenvalue weighted by molar-refractivity contribution is -0.201. The number of carbonyl (C=O) groups excluding carboxylic acids is 2. The summed E-state index contributed by atoms with van der Waals surface area (Å²) in [6.07, 6.45) is -7.83. The van der Waals surface area contributed by atoms with Gasteiger partial charge in [-0.05, 0) is 47.4 Å². The third-order valence-electron chi connectivity index (χ3n) is 9.51. The van der Waals surface area contributed by atoms with Crippen molar-refractivity contribution in [3.05, 3.63) is 77.4 Å². The number of carboxylic acids is 1. The highest BCUT2D eigenvalue weighted by Gasteiger charge is 2.44. The van der Waals surface area contributed by atoms with Crippen LogP contribution in [0.15, 0.2) is 60.7 Å². The van der Waals surface area contributed by atoms with E-state index < -0.39 is 55.5 Å². The maximum Gasteiger partial charge on any atom is 0.407 e. The fraction of sp³-hybridized carbons (Fsp3) is 0.488. The van der Waals surface area contributed by atoms with Gasteiger partial charge in [0, 0.05) is 38.7 Å². The molecule has 0 fully saturated rings. The van der Waals surface area contributed by atoms with Gasteiger partial charge in [0.25, 0.3) is 0 Å². The normalized spacial score (nSPS) is 13.5. The van der Waals surface area contributed by atoms with E-state index in [0.29, 0.717) is 18.6 Å². The minimum absolute atomic E-state index is 0.0181. The zero-order chi connectivity index (χ0) is 41.0. The van der Waals surface area contributed by atoms with Crippen molar-refractivity contribution in [2.75, 3.05) is 41.7 Å². The van der Waals surface area contributed by atoms with Crippen LogP contribution in [0, 0.1) is 5.92 Å². The number of methoxy groups -OCH3 is 4. The van der Waals surface area contributed by atoms with Crippen LogP contribution in [0.4, 0.5) is 18.0 Å². The van der Waals surface area contributed by atoms with Crippen molar-refractivity contribution in [3.8, 4) is 28.4 Å². The Labute approximate surface area is 325 Å². The van der Waals surface area contributed by atoms with Gasteiger partial charge in [-0.2, -0.15) is 13.2 Å². The van der Waals surface area contributed by atoms with Crippen molar-refractivity contribution in [2.24, 2.45) is 5.92 Å². The van der Waals surface area contributed by atoms with Gasteiger partial charge in [0.1, 0.15) is 29.9 Å². The molecule has 306 valence electrons. The summed E-state index contributed by atoms with van der Waals surface area (Å²) in [5.41, 5.74) is 4.25. The first-order valence-corrected chi connectivity index (χ1v) is 18.3. The van der Waals surface area contributed by atoms with Gasteiger partial charge in [0.2, 0.25) is 5.91 Å². The number of nitrogens with one attached hydrogen (secondary N) is 1. The Kier molecular flexibility index (Phi) is 15.8. The maximum atomic E-state index is 14.7.